The van der Waals surface area contributed by atoms with Gasteiger partial charge in [-0.05, 0) is 38.8 Å². The van der Waals surface area contributed by atoms with Crippen LogP contribution in [0.25, 0.3) is 0 Å². The van der Waals surface area contributed by atoms with Crippen molar-refractivity contribution in [2.45, 2.75) is 38.6 Å². The quantitative estimate of drug-likeness (QED) is 0.906. The van der Waals surface area contributed by atoms with E-state index in [4.69, 9.17) is 0 Å². The van der Waals surface area contributed by atoms with Gasteiger partial charge >= 0.3 is 0 Å². The highest BCUT2D eigenvalue weighted by molar-refractivity contribution is 7.13. The van der Waals surface area contributed by atoms with Crippen LogP contribution in [0, 0.1) is 0 Å². The zero-order valence-electron chi connectivity index (χ0n) is 11.1. The van der Waals surface area contributed by atoms with Crippen LogP contribution in [0.1, 0.15) is 40.9 Å². The second kappa shape index (κ2) is 6.29. The fourth-order valence-corrected chi connectivity index (χ4v) is 3.27. The van der Waals surface area contributed by atoms with Gasteiger partial charge in [0.25, 0.3) is 5.91 Å². The van der Waals surface area contributed by atoms with Crippen LogP contribution < -0.4 is 5.32 Å². The molecule has 0 aromatic carbocycles. The fourth-order valence-electron chi connectivity index (χ4n) is 2.27. The Morgan fingerprint density at radius 3 is 2.94 bits per heavy atom. The number of thiazole rings is 1. The van der Waals surface area contributed by atoms with E-state index in [2.05, 4.69) is 17.2 Å². The third-order valence-electron chi connectivity index (χ3n) is 3.40. The first kappa shape index (κ1) is 13.5. The molecule has 0 spiro atoms. The van der Waals surface area contributed by atoms with Gasteiger partial charge in [0.05, 0.1) is 11.2 Å². The fraction of sp³-hybridized carbons (Fsp3) is 0.692. The Hall–Kier alpha value is -0.940. The lowest BCUT2D eigenvalue weighted by atomic mass is 10.1. The molecular weight excluding hydrogens is 246 g/mol. The van der Waals surface area contributed by atoms with Crippen LogP contribution in [0.15, 0.2) is 6.20 Å². The molecule has 4 nitrogen and oxygen atoms in total. The number of carbonyl (C=O) groups is 1. The predicted octanol–water partition coefficient (Wildman–Crippen LogP) is 1.92. The highest BCUT2D eigenvalue weighted by Gasteiger charge is 2.24. The highest BCUT2D eigenvalue weighted by Crippen LogP contribution is 2.19. The number of hydrogen-bond acceptors (Lipinski definition) is 4. The van der Waals surface area contributed by atoms with Crippen LogP contribution in [0.5, 0.6) is 0 Å². The summed E-state index contributed by atoms with van der Waals surface area (Å²) in [6, 6.07) is 0.371. The first-order valence-electron chi connectivity index (χ1n) is 6.65. The lowest BCUT2D eigenvalue weighted by Gasteiger charge is -2.31. The van der Waals surface area contributed by atoms with E-state index in [0.29, 0.717) is 6.04 Å². The van der Waals surface area contributed by atoms with E-state index in [1.54, 1.807) is 6.20 Å². The van der Waals surface area contributed by atoms with Gasteiger partial charge in [-0.1, -0.05) is 6.92 Å². The molecule has 1 amide bonds. The van der Waals surface area contributed by atoms with Crippen LogP contribution in [0.2, 0.25) is 0 Å². The number of amides is 1. The topological polar surface area (TPSA) is 45.2 Å². The average molecular weight is 267 g/mol. The van der Waals surface area contributed by atoms with E-state index in [-0.39, 0.29) is 5.91 Å². The molecule has 2 rings (SSSR count). The number of carbonyl (C=O) groups excluding carboxylic acids is 1. The van der Waals surface area contributed by atoms with Gasteiger partial charge in [0.2, 0.25) is 0 Å². The maximum atomic E-state index is 12.3. The van der Waals surface area contributed by atoms with Crippen LogP contribution in [-0.4, -0.2) is 42.0 Å². The van der Waals surface area contributed by atoms with Gasteiger partial charge in [0.15, 0.2) is 0 Å². The molecular formula is C13H21N3OS. The van der Waals surface area contributed by atoms with Crippen LogP contribution >= 0.6 is 11.3 Å². The van der Waals surface area contributed by atoms with Crippen molar-refractivity contribution >= 4 is 17.2 Å². The lowest BCUT2D eigenvalue weighted by molar-refractivity contribution is 0.0708. The molecule has 100 valence electrons. The monoisotopic (exact) mass is 267 g/mol. The summed E-state index contributed by atoms with van der Waals surface area (Å²) < 4.78 is 0. The molecule has 0 unspecified atom stereocenters. The van der Waals surface area contributed by atoms with Gasteiger partial charge < -0.3 is 10.2 Å². The normalized spacial score (nSPS) is 16.8. The highest BCUT2D eigenvalue weighted by atomic mass is 32.1. The second-order valence-corrected chi connectivity index (χ2v) is 5.88. The summed E-state index contributed by atoms with van der Waals surface area (Å²) in [5.74, 6) is 0.127. The van der Waals surface area contributed by atoms with Crippen LogP contribution in [0.3, 0.4) is 0 Å². The zero-order valence-corrected chi connectivity index (χ0v) is 11.9. The Labute approximate surface area is 112 Å². The van der Waals surface area contributed by atoms with Gasteiger partial charge in [-0.3, -0.25) is 4.79 Å². The van der Waals surface area contributed by atoms with Crippen molar-refractivity contribution in [3.05, 3.63) is 16.1 Å². The number of aromatic nitrogens is 1. The van der Waals surface area contributed by atoms with Crippen molar-refractivity contribution in [3.63, 3.8) is 0 Å². The molecule has 0 bridgehead atoms. The SMILES string of the molecule is CCCc1ncc(C(=O)N(C)C2CCNCC2)s1. The Morgan fingerprint density at radius 1 is 1.56 bits per heavy atom. The summed E-state index contributed by atoms with van der Waals surface area (Å²) in [6.45, 7) is 4.14. The summed E-state index contributed by atoms with van der Waals surface area (Å²) in [4.78, 5) is 19.3. The van der Waals surface area contributed by atoms with E-state index in [1.807, 2.05) is 11.9 Å². The minimum absolute atomic E-state index is 0.127. The van der Waals surface area contributed by atoms with Gasteiger partial charge in [0.1, 0.15) is 4.88 Å². The van der Waals surface area contributed by atoms with Gasteiger partial charge in [0, 0.05) is 13.1 Å². The largest absolute Gasteiger partial charge is 0.338 e. The molecule has 1 N–H and O–H groups in total. The van der Waals surface area contributed by atoms with Crippen LogP contribution in [0.4, 0.5) is 0 Å². The molecule has 0 radical (unpaired) electrons. The number of nitrogens with one attached hydrogen (secondary N) is 1. The average Bonchev–Trinajstić information content (AvgIpc) is 2.87. The van der Waals surface area contributed by atoms with E-state index < -0.39 is 0 Å². The van der Waals surface area contributed by atoms with Crippen molar-refractivity contribution < 1.29 is 4.79 Å². The maximum absolute atomic E-state index is 12.3. The van der Waals surface area contributed by atoms with Crippen molar-refractivity contribution in [2.24, 2.45) is 0 Å². The third kappa shape index (κ3) is 3.09. The zero-order chi connectivity index (χ0) is 13.0. The predicted molar refractivity (Wildman–Crippen MR) is 74.1 cm³/mol. The summed E-state index contributed by atoms with van der Waals surface area (Å²) in [5.41, 5.74) is 0. The van der Waals surface area contributed by atoms with Crippen LogP contribution in [-0.2, 0) is 6.42 Å². The molecule has 1 aromatic heterocycles. The molecule has 0 saturated carbocycles. The van der Waals surface area contributed by atoms with E-state index in [0.717, 1.165) is 48.7 Å². The maximum Gasteiger partial charge on any atom is 0.265 e. The molecule has 1 fully saturated rings. The van der Waals surface area contributed by atoms with Crippen molar-refractivity contribution in [1.82, 2.24) is 15.2 Å². The van der Waals surface area contributed by atoms with E-state index >= 15 is 0 Å². The number of piperidine rings is 1. The van der Waals surface area contributed by atoms with Crippen molar-refractivity contribution in [2.75, 3.05) is 20.1 Å². The standard InChI is InChI=1S/C13H21N3OS/c1-3-4-12-15-9-11(18-12)13(17)16(2)10-5-7-14-8-6-10/h9-10,14H,3-8H2,1-2H3. The summed E-state index contributed by atoms with van der Waals surface area (Å²) in [7, 11) is 1.91. The van der Waals surface area contributed by atoms with Crippen molar-refractivity contribution in [1.29, 1.82) is 0 Å². The molecule has 1 saturated heterocycles. The van der Waals surface area contributed by atoms with Gasteiger partial charge in [-0.25, -0.2) is 4.98 Å². The molecule has 5 heteroatoms. The third-order valence-corrected chi connectivity index (χ3v) is 4.45. The second-order valence-electron chi connectivity index (χ2n) is 4.77. The molecule has 2 heterocycles. The molecule has 1 aromatic rings. The number of aryl methyl sites for hydroxylation is 1. The first-order chi connectivity index (χ1) is 8.72. The molecule has 1 aliphatic rings. The molecule has 0 atom stereocenters. The minimum Gasteiger partial charge on any atom is -0.338 e. The van der Waals surface area contributed by atoms with E-state index in [1.165, 1.54) is 11.3 Å². The Bertz CT molecular complexity index is 399. The summed E-state index contributed by atoms with van der Waals surface area (Å²) in [5, 5.41) is 4.39. The molecule has 1 aliphatic heterocycles. The Morgan fingerprint density at radius 2 is 2.28 bits per heavy atom. The van der Waals surface area contributed by atoms with E-state index in [9.17, 15) is 4.79 Å². The lowest BCUT2D eigenvalue weighted by Crippen LogP contribution is -2.43. The Balaban J connectivity index is 2.00. The number of nitrogens with zero attached hydrogens (tertiary/aromatic N) is 2. The van der Waals surface area contributed by atoms with Gasteiger partial charge in [-0.2, -0.15) is 0 Å². The summed E-state index contributed by atoms with van der Waals surface area (Å²) >= 11 is 1.54. The number of hydrogen-bond donors (Lipinski definition) is 1. The van der Waals surface area contributed by atoms with Gasteiger partial charge in [-0.15, -0.1) is 11.3 Å². The van der Waals surface area contributed by atoms with Crippen molar-refractivity contribution in [3.8, 4) is 0 Å². The molecule has 0 aliphatic carbocycles. The Kier molecular flexibility index (Phi) is 4.72. The summed E-state index contributed by atoms with van der Waals surface area (Å²) in [6.07, 6.45) is 5.86. The first-order valence-corrected chi connectivity index (χ1v) is 7.46. The minimum atomic E-state index is 0.127. The number of rotatable bonds is 4. The smallest absolute Gasteiger partial charge is 0.265 e. The molecule has 18 heavy (non-hydrogen) atoms.